The van der Waals surface area contributed by atoms with Gasteiger partial charge in [0.15, 0.2) is 4.80 Å². The van der Waals surface area contributed by atoms with E-state index in [-0.39, 0.29) is 11.5 Å². The van der Waals surface area contributed by atoms with Crippen molar-refractivity contribution in [1.29, 1.82) is 0 Å². The van der Waals surface area contributed by atoms with Gasteiger partial charge in [-0.05, 0) is 87.4 Å². The summed E-state index contributed by atoms with van der Waals surface area (Å²) in [5.41, 5.74) is 7.61. The predicted octanol–water partition coefficient (Wildman–Crippen LogP) is 5.60. The number of carbonyl (C=O) groups is 1. The van der Waals surface area contributed by atoms with Gasteiger partial charge in [-0.15, -0.1) is 0 Å². The fourth-order valence-corrected chi connectivity index (χ4v) is 6.64. The number of allylic oxidation sites excluding steroid dienone is 1. The number of aryl methyl sites for hydroxylation is 2. The summed E-state index contributed by atoms with van der Waals surface area (Å²) in [6.45, 7) is 8.02. The first kappa shape index (κ1) is 28.2. The molecule has 1 atom stereocenters. The van der Waals surface area contributed by atoms with Crippen LogP contribution in [0, 0.1) is 20.8 Å². The van der Waals surface area contributed by atoms with Crippen molar-refractivity contribution >= 4 is 29.0 Å². The number of amides is 1. The summed E-state index contributed by atoms with van der Waals surface area (Å²) in [5.74, 6) is 0.389. The molecule has 2 aromatic heterocycles. The minimum Gasteiger partial charge on any atom is -0.497 e. The van der Waals surface area contributed by atoms with E-state index in [0.29, 0.717) is 32.0 Å². The first-order valence-electron chi connectivity index (χ1n) is 14.0. The number of rotatable bonds is 6. The van der Waals surface area contributed by atoms with Crippen LogP contribution in [-0.2, 0) is 4.79 Å². The lowest BCUT2D eigenvalue weighted by Gasteiger charge is -2.25. The molecule has 3 heterocycles. The third-order valence-corrected chi connectivity index (χ3v) is 8.76. The number of nitrogens with zero attached hydrogens (tertiary/aromatic N) is 3. The Morgan fingerprint density at radius 3 is 2.33 bits per heavy atom. The van der Waals surface area contributed by atoms with E-state index in [9.17, 15) is 9.59 Å². The van der Waals surface area contributed by atoms with Crippen LogP contribution in [0.25, 0.3) is 11.8 Å². The molecule has 0 spiro atoms. The largest absolute Gasteiger partial charge is 0.497 e. The maximum Gasteiger partial charge on any atom is 0.271 e. The Balaban J connectivity index is 1.49. The first-order valence-corrected chi connectivity index (χ1v) is 14.9. The topological polar surface area (TPSA) is 77.6 Å². The molecule has 6 rings (SSSR count). The summed E-state index contributed by atoms with van der Waals surface area (Å²) in [6.07, 6.45) is 1.94. The predicted molar refractivity (Wildman–Crippen MR) is 172 cm³/mol. The van der Waals surface area contributed by atoms with Gasteiger partial charge in [0, 0.05) is 22.8 Å². The van der Waals surface area contributed by atoms with Crippen LogP contribution in [0.2, 0.25) is 0 Å². The average molecular weight is 589 g/mol. The number of thiazole rings is 1. The minimum atomic E-state index is -0.659. The summed E-state index contributed by atoms with van der Waals surface area (Å²) in [6, 6.07) is 26.6. The Hall–Kier alpha value is -4.95. The molecule has 1 amide bonds. The average Bonchev–Trinajstić information content (AvgIpc) is 3.46. The van der Waals surface area contributed by atoms with E-state index in [1.54, 1.807) is 11.7 Å². The zero-order chi connectivity index (χ0) is 30.2. The second-order valence-electron chi connectivity index (χ2n) is 10.7. The molecule has 0 aliphatic carbocycles. The van der Waals surface area contributed by atoms with Gasteiger partial charge in [-0.25, -0.2) is 4.99 Å². The zero-order valence-corrected chi connectivity index (χ0v) is 25.5. The van der Waals surface area contributed by atoms with E-state index in [1.807, 2.05) is 67.6 Å². The maximum atomic E-state index is 14.2. The molecule has 0 fully saturated rings. The first-order chi connectivity index (χ1) is 20.7. The molecule has 0 bridgehead atoms. The molecule has 0 saturated heterocycles. The van der Waals surface area contributed by atoms with E-state index < -0.39 is 6.04 Å². The van der Waals surface area contributed by atoms with Crippen molar-refractivity contribution in [3.05, 3.63) is 144 Å². The number of nitrogens with one attached hydrogen (secondary N) is 1. The van der Waals surface area contributed by atoms with Crippen molar-refractivity contribution in [1.82, 2.24) is 9.13 Å². The highest BCUT2D eigenvalue weighted by molar-refractivity contribution is 7.07. The molecule has 3 aromatic carbocycles. The Bertz CT molecular complexity index is 2050. The Kier molecular flexibility index (Phi) is 7.46. The smallest absolute Gasteiger partial charge is 0.271 e. The molecule has 0 saturated carbocycles. The Morgan fingerprint density at radius 2 is 1.65 bits per heavy atom. The molecule has 0 radical (unpaired) electrons. The SMILES string of the molecule is COc1ccc([C@H]2C(C(=O)Nc3ccccc3)=C(C)N=c3s/c(=C/c4cc(C)n(-c5ccc(C)cc5)c4C)c(=O)n32)cc1. The third-order valence-electron chi connectivity index (χ3n) is 7.78. The van der Waals surface area contributed by atoms with Crippen molar-refractivity contribution in [2.75, 3.05) is 12.4 Å². The lowest BCUT2D eigenvalue weighted by molar-refractivity contribution is -0.113. The van der Waals surface area contributed by atoms with E-state index in [4.69, 9.17) is 9.73 Å². The third kappa shape index (κ3) is 5.26. The van der Waals surface area contributed by atoms with E-state index >= 15 is 0 Å². The number of fused-ring (bicyclic) bond motifs is 1. The highest BCUT2D eigenvalue weighted by Crippen LogP contribution is 2.32. The number of hydrogen-bond acceptors (Lipinski definition) is 5. The molecule has 43 heavy (non-hydrogen) atoms. The van der Waals surface area contributed by atoms with Gasteiger partial charge in [0.1, 0.15) is 5.75 Å². The van der Waals surface area contributed by atoms with Gasteiger partial charge in [-0.1, -0.05) is 59.4 Å². The van der Waals surface area contributed by atoms with Crippen LogP contribution in [0.15, 0.2) is 106 Å². The number of hydrogen-bond donors (Lipinski definition) is 1. The second kappa shape index (κ2) is 11.4. The van der Waals surface area contributed by atoms with Crippen LogP contribution in [0.1, 0.15) is 41.0 Å². The van der Waals surface area contributed by atoms with Crippen LogP contribution in [0.3, 0.4) is 0 Å². The summed E-state index contributed by atoms with van der Waals surface area (Å²) in [5, 5.41) is 2.99. The molecule has 1 N–H and O–H groups in total. The number of carbonyl (C=O) groups excluding carboxylic acids is 1. The molecule has 5 aromatic rings. The zero-order valence-electron chi connectivity index (χ0n) is 24.7. The minimum absolute atomic E-state index is 0.192. The van der Waals surface area contributed by atoms with Gasteiger partial charge in [-0.3, -0.25) is 14.2 Å². The van der Waals surface area contributed by atoms with Crippen LogP contribution >= 0.6 is 11.3 Å². The quantitative estimate of drug-likeness (QED) is 0.281. The molecular formula is C35H32N4O3S. The lowest BCUT2D eigenvalue weighted by Crippen LogP contribution is -2.40. The summed E-state index contributed by atoms with van der Waals surface area (Å²) in [7, 11) is 1.61. The summed E-state index contributed by atoms with van der Waals surface area (Å²) < 4.78 is 9.76. The number of ether oxygens (including phenoxy) is 1. The van der Waals surface area contributed by atoms with Gasteiger partial charge >= 0.3 is 0 Å². The molecule has 0 unspecified atom stereocenters. The van der Waals surface area contributed by atoms with Gasteiger partial charge < -0.3 is 14.6 Å². The highest BCUT2D eigenvalue weighted by atomic mass is 32.1. The number of benzene rings is 3. The van der Waals surface area contributed by atoms with Crippen molar-refractivity contribution in [3.8, 4) is 11.4 Å². The molecular weight excluding hydrogens is 556 g/mol. The molecule has 216 valence electrons. The Morgan fingerprint density at radius 1 is 0.953 bits per heavy atom. The fraction of sp³-hybridized carbons (Fsp3) is 0.171. The number of anilines is 1. The number of aromatic nitrogens is 2. The Labute approximate surface area is 253 Å². The number of methoxy groups -OCH3 is 1. The van der Waals surface area contributed by atoms with Crippen LogP contribution in [0.5, 0.6) is 5.75 Å². The monoisotopic (exact) mass is 588 g/mol. The number of para-hydroxylation sites is 1. The molecule has 8 heteroatoms. The normalized spacial score (nSPS) is 14.8. The van der Waals surface area contributed by atoms with Crippen molar-refractivity contribution in [2.45, 2.75) is 33.7 Å². The summed E-state index contributed by atoms with van der Waals surface area (Å²) in [4.78, 5) is 33.3. The van der Waals surface area contributed by atoms with Crippen molar-refractivity contribution < 1.29 is 9.53 Å². The fourth-order valence-electron chi connectivity index (χ4n) is 5.60. The van der Waals surface area contributed by atoms with Crippen molar-refractivity contribution in [2.24, 2.45) is 4.99 Å². The second-order valence-corrected chi connectivity index (χ2v) is 11.7. The van der Waals surface area contributed by atoms with Crippen LogP contribution < -0.4 is 24.9 Å². The highest BCUT2D eigenvalue weighted by Gasteiger charge is 2.32. The van der Waals surface area contributed by atoms with E-state index in [2.05, 4.69) is 61.0 Å². The van der Waals surface area contributed by atoms with Crippen LogP contribution in [0.4, 0.5) is 5.69 Å². The summed E-state index contributed by atoms with van der Waals surface area (Å²) >= 11 is 1.33. The van der Waals surface area contributed by atoms with E-state index in [0.717, 1.165) is 28.2 Å². The maximum absolute atomic E-state index is 14.2. The standard InChI is InChI=1S/C35H32N4O3S/c1-21-11-15-28(16-12-21)38-22(2)19-26(24(38)4)20-30-34(41)39-32(25-13-17-29(42-5)18-14-25)31(23(3)36-35(39)43-30)33(40)37-27-9-7-6-8-10-27/h6-20,32H,1-5H3,(H,37,40)/b30-20+/t32-/m0/s1. The van der Waals surface area contributed by atoms with E-state index in [1.165, 1.54) is 16.9 Å². The van der Waals surface area contributed by atoms with Crippen molar-refractivity contribution in [3.63, 3.8) is 0 Å². The van der Waals surface area contributed by atoms with Gasteiger partial charge in [0.05, 0.1) is 29.0 Å². The van der Waals surface area contributed by atoms with Gasteiger partial charge in [0.25, 0.3) is 11.5 Å². The lowest BCUT2D eigenvalue weighted by atomic mass is 9.95. The van der Waals surface area contributed by atoms with Gasteiger partial charge in [-0.2, -0.15) is 0 Å². The van der Waals surface area contributed by atoms with Gasteiger partial charge in [0.2, 0.25) is 0 Å². The molecule has 1 aliphatic heterocycles. The molecule has 1 aliphatic rings. The molecule has 7 nitrogen and oxygen atoms in total. The van der Waals surface area contributed by atoms with Crippen LogP contribution in [-0.4, -0.2) is 22.2 Å².